The van der Waals surface area contributed by atoms with Gasteiger partial charge in [0.25, 0.3) is 0 Å². The Labute approximate surface area is 141 Å². The van der Waals surface area contributed by atoms with Crippen molar-refractivity contribution in [3.63, 3.8) is 0 Å². The van der Waals surface area contributed by atoms with Gasteiger partial charge in [-0.15, -0.1) is 5.10 Å². The van der Waals surface area contributed by atoms with E-state index in [9.17, 15) is 0 Å². The highest BCUT2D eigenvalue weighted by Gasteiger charge is 2.31. The molecule has 3 heterocycles. The maximum Gasteiger partial charge on any atom is 0.109 e. The first-order valence-electron chi connectivity index (χ1n) is 8.57. The van der Waals surface area contributed by atoms with Crippen LogP contribution in [0.1, 0.15) is 44.1 Å². The molecule has 1 atom stereocenters. The zero-order valence-electron chi connectivity index (χ0n) is 14.2. The lowest BCUT2D eigenvalue weighted by Crippen LogP contribution is -2.33. The van der Waals surface area contributed by atoms with Crippen molar-refractivity contribution in [3.8, 4) is 0 Å². The molecule has 0 spiro atoms. The normalized spacial score (nSPS) is 20.5. The molecular weight excluding hydrogens is 302 g/mol. The summed E-state index contributed by atoms with van der Waals surface area (Å²) < 4.78 is 7.71. The predicted octanol–water partition coefficient (Wildman–Crippen LogP) is 3.07. The fraction of sp³-hybridized carbons (Fsp3) is 0.500. The molecule has 126 valence electrons. The summed E-state index contributed by atoms with van der Waals surface area (Å²) in [6.07, 6.45) is 4.91. The van der Waals surface area contributed by atoms with Gasteiger partial charge in [0.2, 0.25) is 0 Å². The van der Waals surface area contributed by atoms with E-state index in [1.807, 2.05) is 28.9 Å². The Kier molecular flexibility index (Phi) is 3.84. The number of H-pyrrole nitrogens is 1. The average molecular weight is 325 g/mol. The summed E-state index contributed by atoms with van der Waals surface area (Å²) in [5, 5.41) is 8.68. The number of aryl methyl sites for hydroxylation is 2. The van der Waals surface area contributed by atoms with Gasteiger partial charge >= 0.3 is 0 Å². The van der Waals surface area contributed by atoms with E-state index in [-0.39, 0.29) is 5.60 Å². The third-order valence-electron chi connectivity index (χ3n) is 4.69. The fourth-order valence-corrected chi connectivity index (χ4v) is 3.44. The number of para-hydroxylation sites is 2. The Bertz CT molecular complexity index is 802. The van der Waals surface area contributed by atoms with Crippen LogP contribution in [0.25, 0.3) is 11.0 Å². The van der Waals surface area contributed by atoms with E-state index in [0.717, 1.165) is 55.0 Å². The molecule has 0 saturated carbocycles. The van der Waals surface area contributed by atoms with Gasteiger partial charge in [-0.05, 0) is 38.8 Å². The highest BCUT2D eigenvalue weighted by Crippen LogP contribution is 2.34. The Morgan fingerprint density at radius 1 is 1.33 bits per heavy atom. The second-order valence-corrected chi connectivity index (χ2v) is 7.16. The van der Waals surface area contributed by atoms with Crippen molar-refractivity contribution in [1.82, 2.24) is 25.0 Å². The molecule has 6 nitrogen and oxygen atoms in total. The van der Waals surface area contributed by atoms with Gasteiger partial charge in [-0.1, -0.05) is 17.3 Å². The minimum Gasteiger partial charge on any atom is -0.376 e. The van der Waals surface area contributed by atoms with Gasteiger partial charge in [-0.2, -0.15) is 0 Å². The fourth-order valence-electron chi connectivity index (χ4n) is 3.44. The minimum absolute atomic E-state index is 0.0685. The van der Waals surface area contributed by atoms with Crippen LogP contribution in [0.2, 0.25) is 0 Å². The first kappa shape index (κ1) is 15.3. The number of fused-ring (bicyclic) bond motifs is 1. The molecule has 3 aromatic rings. The number of hydrogen-bond donors (Lipinski definition) is 1. The molecule has 0 unspecified atom stereocenters. The van der Waals surface area contributed by atoms with Crippen LogP contribution < -0.4 is 0 Å². The first-order valence-corrected chi connectivity index (χ1v) is 8.57. The molecule has 0 aliphatic carbocycles. The third-order valence-corrected chi connectivity index (χ3v) is 4.69. The first-order chi connectivity index (χ1) is 11.6. The van der Waals surface area contributed by atoms with Crippen LogP contribution >= 0.6 is 0 Å². The molecule has 1 aliphatic heterocycles. The topological polar surface area (TPSA) is 68.6 Å². The number of aromatic amines is 1. The Morgan fingerprint density at radius 3 is 3.04 bits per heavy atom. The molecule has 0 amide bonds. The highest BCUT2D eigenvalue weighted by molar-refractivity contribution is 5.74. The van der Waals surface area contributed by atoms with Crippen LogP contribution in [0.5, 0.6) is 0 Å². The number of hydrogen-bond acceptors (Lipinski definition) is 4. The summed E-state index contributed by atoms with van der Waals surface area (Å²) in [7, 11) is 0. The van der Waals surface area contributed by atoms with Gasteiger partial charge in [0.15, 0.2) is 0 Å². The minimum atomic E-state index is -0.0685. The molecule has 4 rings (SSSR count). The maximum atomic E-state index is 5.79. The number of nitrogens with one attached hydrogen (secondary N) is 1. The zero-order valence-corrected chi connectivity index (χ0v) is 14.2. The highest BCUT2D eigenvalue weighted by atomic mass is 16.5. The molecular formula is C18H23N5O. The number of ether oxygens (including phenoxy) is 1. The van der Waals surface area contributed by atoms with Crippen molar-refractivity contribution >= 4 is 11.0 Å². The van der Waals surface area contributed by atoms with Gasteiger partial charge in [-0.3, -0.25) is 4.68 Å². The van der Waals surface area contributed by atoms with Crippen LogP contribution in [0.15, 0.2) is 30.5 Å². The summed E-state index contributed by atoms with van der Waals surface area (Å²) >= 11 is 0. The molecule has 1 aromatic carbocycles. The summed E-state index contributed by atoms with van der Waals surface area (Å²) in [6, 6.07) is 8.09. The number of rotatable bonds is 4. The Balaban J connectivity index is 1.41. The zero-order chi connectivity index (χ0) is 16.6. The molecule has 24 heavy (non-hydrogen) atoms. The van der Waals surface area contributed by atoms with Crippen LogP contribution in [-0.4, -0.2) is 37.2 Å². The summed E-state index contributed by atoms with van der Waals surface area (Å²) in [5.41, 5.74) is 3.10. The number of imidazole rings is 1. The van der Waals surface area contributed by atoms with Crippen molar-refractivity contribution in [2.24, 2.45) is 0 Å². The van der Waals surface area contributed by atoms with E-state index in [1.165, 1.54) is 0 Å². The van der Waals surface area contributed by atoms with Crippen molar-refractivity contribution in [1.29, 1.82) is 0 Å². The van der Waals surface area contributed by atoms with E-state index in [0.29, 0.717) is 5.92 Å². The number of aromatic nitrogens is 5. The van der Waals surface area contributed by atoms with Gasteiger partial charge in [0, 0.05) is 31.7 Å². The molecule has 1 aliphatic rings. The Morgan fingerprint density at radius 2 is 2.21 bits per heavy atom. The van der Waals surface area contributed by atoms with E-state index in [1.54, 1.807) is 0 Å². The van der Waals surface area contributed by atoms with E-state index in [2.05, 4.69) is 40.3 Å². The molecule has 1 N–H and O–H groups in total. The standard InChI is InChI=1S/C18H23N5O/c1-18(2)11-13(8-10-24-18)16-12-23(22-21-16)9-7-17-19-14-5-3-4-6-15(14)20-17/h3-6,12-13H,7-11H2,1-2H3,(H,19,20)/t13-/m0/s1. The van der Waals surface area contributed by atoms with E-state index in [4.69, 9.17) is 4.74 Å². The summed E-state index contributed by atoms with van der Waals surface area (Å²) in [4.78, 5) is 7.97. The monoisotopic (exact) mass is 325 g/mol. The van der Waals surface area contributed by atoms with Crippen molar-refractivity contribution in [3.05, 3.63) is 42.0 Å². The van der Waals surface area contributed by atoms with Crippen LogP contribution in [0.3, 0.4) is 0 Å². The average Bonchev–Trinajstić information content (AvgIpc) is 3.18. The summed E-state index contributed by atoms with van der Waals surface area (Å²) in [6.45, 7) is 5.86. The van der Waals surface area contributed by atoms with Gasteiger partial charge in [0.1, 0.15) is 5.82 Å². The lowest BCUT2D eigenvalue weighted by Gasteiger charge is -2.34. The third kappa shape index (κ3) is 3.19. The molecule has 0 bridgehead atoms. The predicted molar refractivity (Wildman–Crippen MR) is 91.8 cm³/mol. The van der Waals surface area contributed by atoms with E-state index >= 15 is 0 Å². The van der Waals surface area contributed by atoms with Crippen LogP contribution in [-0.2, 0) is 17.7 Å². The SMILES string of the molecule is CC1(C)C[C@@H](c2cn(CCc3nc4ccccc4[nH]3)nn2)CCO1. The largest absolute Gasteiger partial charge is 0.376 e. The van der Waals surface area contributed by atoms with Gasteiger partial charge in [0.05, 0.1) is 22.3 Å². The van der Waals surface area contributed by atoms with Gasteiger partial charge in [-0.25, -0.2) is 4.98 Å². The molecule has 1 fully saturated rings. The maximum absolute atomic E-state index is 5.79. The molecule has 1 saturated heterocycles. The lowest BCUT2D eigenvalue weighted by atomic mass is 9.86. The van der Waals surface area contributed by atoms with Crippen LogP contribution in [0.4, 0.5) is 0 Å². The second-order valence-electron chi connectivity index (χ2n) is 7.16. The lowest BCUT2D eigenvalue weighted by molar-refractivity contribution is -0.0597. The van der Waals surface area contributed by atoms with Crippen molar-refractivity contribution in [2.75, 3.05) is 6.61 Å². The van der Waals surface area contributed by atoms with Crippen molar-refractivity contribution < 1.29 is 4.74 Å². The summed E-state index contributed by atoms with van der Waals surface area (Å²) in [5.74, 6) is 1.43. The second kappa shape index (κ2) is 6.02. The van der Waals surface area contributed by atoms with Crippen molar-refractivity contribution in [2.45, 2.75) is 51.2 Å². The van der Waals surface area contributed by atoms with Crippen LogP contribution in [0, 0.1) is 0 Å². The number of nitrogens with zero attached hydrogens (tertiary/aromatic N) is 4. The molecule has 6 heteroatoms. The smallest absolute Gasteiger partial charge is 0.109 e. The number of benzene rings is 1. The molecule has 2 aromatic heterocycles. The van der Waals surface area contributed by atoms with Gasteiger partial charge < -0.3 is 9.72 Å². The Hall–Kier alpha value is -2.21. The quantitative estimate of drug-likeness (QED) is 0.800. The molecule has 0 radical (unpaired) electrons. The van der Waals surface area contributed by atoms with E-state index < -0.39 is 0 Å².